The lowest BCUT2D eigenvalue weighted by molar-refractivity contribution is -0.123. The molecular formula is C12H20N2O3. The Morgan fingerprint density at radius 2 is 2.29 bits per heavy atom. The zero-order valence-corrected chi connectivity index (χ0v) is 10.3. The minimum Gasteiger partial charge on any atom is -0.467 e. The van der Waals surface area contributed by atoms with Crippen molar-refractivity contribution in [1.82, 2.24) is 10.6 Å². The third-order valence-corrected chi connectivity index (χ3v) is 2.49. The molecule has 1 amide bonds. The van der Waals surface area contributed by atoms with Crippen LogP contribution in [0.3, 0.4) is 0 Å². The molecule has 0 saturated heterocycles. The van der Waals surface area contributed by atoms with E-state index in [-0.39, 0.29) is 24.5 Å². The van der Waals surface area contributed by atoms with E-state index in [2.05, 4.69) is 10.6 Å². The van der Waals surface area contributed by atoms with Gasteiger partial charge >= 0.3 is 0 Å². The summed E-state index contributed by atoms with van der Waals surface area (Å²) < 4.78 is 5.11. The maximum absolute atomic E-state index is 11.7. The van der Waals surface area contributed by atoms with Crippen LogP contribution < -0.4 is 10.6 Å². The van der Waals surface area contributed by atoms with Gasteiger partial charge in [0.1, 0.15) is 5.76 Å². The standard InChI is InChI=1S/C12H20N2O3/c1-9(8-15)6-13-10(2)12(16)14-7-11-4-3-5-17-11/h3-5,9-10,13,15H,6-8H2,1-2H3,(H,14,16). The predicted molar refractivity (Wildman–Crippen MR) is 64.3 cm³/mol. The molecule has 3 N–H and O–H groups in total. The van der Waals surface area contributed by atoms with Crippen LogP contribution in [-0.2, 0) is 11.3 Å². The molecule has 1 aromatic heterocycles. The van der Waals surface area contributed by atoms with Crippen molar-refractivity contribution in [3.63, 3.8) is 0 Å². The minimum atomic E-state index is -0.279. The number of nitrogens with one attached hydrogen (secondary N) is 2. The van der Waals surface area contributed by atoms with Crippen LogP contribution in [-0.4, -0.2) is 30.2 Å². The monoisotopic (exact) mass is 240 g/mol. The second kappa shape index (κ2) is 7.09. The van der Waals surface area contributed by atoms with Crippen LogP contribution in [0.5, 0.6) is 0 Å². The Labute approximate surface area is 101 Å². The summed E-state index contributed by atoms with van der Waals surface area (Å²) in [4.78, 5) is 11.7. The number of rotatable bonds is 7. The van der Waals surface area contributed by atoms with E-state index in [1.165, 1.54) is 0 Å². The summed E-state index contributed by atoms with van der Waals surface area (Å²) in [7, 11) is 0. The molecule has 5 nitrogen and oxygen atoms in total. The quantitative estimate of drug-likeness (QED) is 0.649. The number of hydrogen-bond donors (Lipinski definition) is 3. The second-order valence-electron chi connectivity index (χ2n) is 4.21. The first-order chi connectivity index (χ1) is 8.13. The van der Waals surface area contributed by atoms with Crippen molar-refractivity contribution >= 4 is 5.91 Å². The highest BCUT2D eigenvalue weighted by Gasteiger charge is 2.13. The van der Waals surface area contributed by atoms with E-state index >= 15 is 0 Å². The van der Waals surface area contributed by atoms with Gasteiger partial charge in [0.2, 0.25) is 5.91 Å². The smallest absolute Gasteiger partial charge is 0.237 e. The zero-order valence-electron chi connectivity index (χ0n) is 10.3. The van der Waals surface area contributed by atoms with Crippen LogP contribution in [0.15, 0.2) is 22.8 Å². The van der Waals surface area contributed by atoms with Gasteiger partial charge in [0.25, 0.3) is 0 Å². The summed E-state index contributed by atoms with van der Waals surface area (Å²) >= 11 is 0. The fourth-order valence-corrected chi connectivity index (χ4v) is 1.28. The first kappa shape index (κ1) is 13.7. The van der Waals surface area contributed by atoms with Crippen LogP contribution in [0.25, 0.3) is 0 Å². The highest BCUT2D eigenvalue weighted by atomic mass is 16.3. The first-order valence-corrected chi connectivity index (χ1v) is 5.77. The molecule has 0 bridgehead atoms. The molecule has 1 aromatic rings. The van der Waals surface area contributed by atoms with Gasteiger partial charge in [-0.2, -0.15) is 0 Å². The number of aliphatic hydroxyl groups is 1. The molecular weight excluding hydrogens is 220 g/mol. The SMILES string of the molecule is CC(CO)CNC(C)C(=O)NCc1ccco1. The third kappa shape index (κ3) is 5.01. The number of amides is 1. The maximum Gasteiger partial charge on any atom is 0.237 e. The van der Waals surface area contributed by atoms with Gasteiger partial charge in [0.15, 0.2) is 0 Å². The summed E-state index contributed by atoms with van der Waals surface area (Å²) in [6.45, 7) is 4.84. The van der Waals surface area contributed by atoms with Crippen molar-refractivity contribution in [3.05, 3.63) is 24.2 Å². The molecule has 17 heavy (non-hydrogen) atoms. The second-order valence-corrected chi connectivity index (χ2v) is 4.21. The molecule has 0 spiro atoms. The summed E-state index contributed by atoms with van der Waals surface area (Å²) in [6.07, 6.45) is 1.58. The fraction of sp³-hybridized carbons (Fsp3) is 0.583. The Balaban J connectivity index is 2.22. The van der Waals surface area contributed by atoms with E-state index in [1.807, 2.05) is 13.0 Å². The Kier molecular flexibility index (Phi) is 5.72. The van der Waals surface area contributed by atoms with Gasteiger partial charge in [-0.3, -0.25) is 4.79 Å². The van der Waals surface area contributed by atoms with E-state index in [4.69, 9.17) is 9.52 Å². The molecule has 5 heteroatoms. The summed E-state index contributed by atoms with van der Waals surface area (Å²) in [6, 6.07) is 3.32. The Hall–Kier alpha value is -1.33. The molecule has 0 saturated carbocycles. The number of carbonyl (C=O) groups is 1. The average molecular weight is 240 g/mol. The molecule has 0 aromatic carbocycles. The van der Waals surface area contributed by atoms with E-state index in [9.17, 15) is 4.79 Å². The molecule has 1 heterocycles. The summed E-state index contributed by atoms with van der Waals surface area (Å²) in [5.41, 5.74) is 0. The number of aliphatic hydroxyl groups excluding tert-OH is 1. The van der Waals surface area contributed by atoms with Crippen molar-refractivity contribution < 1.29 is 14.3 Å². The topological polar surface area (TPSA) is 74.5 Å². The molecule has 2 atom stereocenters. The van der Waals surface area contributed by atoms with Crippen molar-refractivity contribution in [2.75, 3.05) is 13.2 Å². The third-order valence-electron chi connectivity index (χ3n) is 2.49. The largest absolute Gasteiger partial charge is 0.467 e. The van der Waals surface area contributed by atoms with E-state index in [1.54, 1.807) is 19.3 Å². The first-order valence-electron chi connectivity index (χ1n) is 5.77. The van der Waals surface area contributed by atoms with Crippen molar-refractivity contribution in [3.8, 4) is 0 Å². The number of furan rings is 1. The van der Waals surface area contributed by atoms with E-state index in [0.29, 0.717) is 13.1 Å². The van der Waals surface area contributed by atoms with Gasteiger partial charge < -0.3 is 20.2 Å². The fourth-order valence-electron chi connectivity index (χ4n) is 1.28. The lowest BCUT2D eigenvalue weighted by Crippen LogP contribution is -2.43. The van der Waals surface area contributed by atoms with Crippen LogP contribution in [0.2, 0.25) is 0 Å². The normalized spacial score (nSPS) is 14.3. The molecule has 2 unspecified atom stereocenters. The highest BCUT2D eigenvalue weighted by Crippen LogP contribution is 1.99. The van der Waals surface area contributed by atoms with Crippen LogP contribution in [0.1, 0.15) is 19.6 Å². The highest BCUT2D eigenvalue weighted by molar-refractivity contribution is 5.81. The van der Waals surface area contributed by atoms with Gasteiger partial charge in [0.05, 0.1) is 18.8 Å². The molecule has 0 aliphatic carbocycles. The average Bonchev–Trinajstić information content (AvgIpc) is 2.85. The molecule has 0 aliphatic rings. The van der Waals surface area contributed by atoms with Gasteiger partial charge in [-0.15, -0.1) is 0 Å². The van der Waals surface area contributed by atoms with Crippen molar-refractivity contribution in [2.45, 2.75) is 26.4 Å². The Morgan fingerprint density at radius 3 is 2.88 bits per heavy atom. The molecule has 96 valence electrons. The van der Waals surface area contributed by atoms with E-state index in [0.717, 1.165) is 5.76 Å². The lowest BCUT2D eigenvalue weighted by atomic mass is 10.2. The van der Waals surface area contributed by atoms with Crippen LogP contribution >= 0.6 is 0 Å². The number of hydrogen-bond acceptors (Lipinski definition) is 4. The van der Waals surface area contributed by atoms with Crippen molar-refractivity contribution in [2.24, 2.45) is 5.92 Å². The lowest BCUT2D eigenvalue weighted by Gasteiger charge is -2.15. The van der Waals surface area contributed by atoms with Crippen molar-refractivity contribution in [1.29, 1.82) is 0 Å². The Bertz CT molecular complexity index is 325. The zero-order chi connectivity index (χ0) is 12.7. The minimum absolute atomic E-state index is 0.0773. The predicted octanol–water partition coefficient (Wildman–Crippen LogP) is 0.502. The van der Waals surface area contributed by atoms with Crippen LogP contribution in [0, 0.1) is 5.92 Å². The van der Waals surface area contributed by atoms with Crippen LogP contribution in [0.4, 0.5) is 0 Å². The van der Waals surface area contributed by atoms with Gasteiger partial charge in [0, 0.05) is 13.2 Å². The molecule has 0 aliphatic heterocycles. The van der Waals surface area contributed by atoms with Gasteiger partial charge in [-0.25, -0.2) is 0 Å². The van der Waals surface area contributed by atoms with Gasteiger partial charge in [-0.05, 0) is 25.0 Å². The summed E-state index contributed by atoms with van der Waals surface area (Å²) in [5.74, 6) is 0.802. The molecule has 1 rings (SSSR count). The molecule has 0 radical (unpaired) electrons. The molecule has 0 fully saturated rings. The maximum atomic E-state index is 11.7. The number of carbonyl (C=O) groups excluding carboxylic acids is 1. The van der Waals surface area contributed by atoms with Gasteiger partial charge in [-0.1, -0.05) is 6.92 Å². The van der Waals surface area contributed by atoms with E-state index < -0.39 is 0 Å². The summed E-state index contributed by atoms with van der Waals surface area (Å²) in [5, 5.41) is 14.7. The Morgan fingerprint density at radius 1 is 1.53 bits per heavy atom.